The topological polar surface area (TPSA) is 107 Å². The van der Waals surface area contributed by atoms with Crippen LogP contribution in [0.1, 0.15) is 15.9 Å². The summed E-state index contributed by atoms with van der Waals surface area (Å²) in [5.41, 5.74) is 0.495. The van der Waals surface area contributed by atoms with Crippen molar-refractivity contribution in [1.29, 1.82) is 0 Å². The van der Waals surface area contributed by atoms with Crippen molar-refractivity contribution in [2.75, 3.05) is 5.32 Å². The number of phenolic OH excluding ortho intramolecular Hbond substituents is 2. The number of benzene rings is 2. The lowest BCUT2D eigenvalue weighted by Crippen LogP contribution is -2.11. The molecule has 0 bridgehead atoms. The van der Waals surface area contributed by atoms with E-state index in [0.717, 1.165) is 6.07 Å². The fourth-order valence-electron chi connectivity index (χ4n) is 1.79. The van der Waals surface area contributed by atoms with Crippen molar-refractivity contribution >= 4 is 23.6 Å². The van der Waals surface area contributed by atoms with Gasteiger partial charge in [-0.2, -0.15) is 0 Å². The Morgan fingerprint density at radius 1 is 1.00 bits per heavy atom. The summed E-state index contributed by atoms with van der Waals surface area (Å²) in [6, 6.07) is 9.96. The maximum atomic E-state index is 11.8. The van der Waals surface area contributed by atoms with Crippen LogP contribution in [0.3, 0.4) is 0 Å². The summed E-state index contributed by atoms with van der Waals surface area (Å²) in [5.74, 6) is -1.92. The van der Waals surface area contributed by atoms with Crippen LogP contribution in [0.2, 0.25) is 0 Å². The molecule has 4 N–H and O–H groups in total. The van der Waals surface area contributed by atoms with Crippen LogP contribution < -0.4 is 5.32 Å². The number of aromatic hydroxyl groups is 2. The van der Waals surface area contributed by atoms with Crippen molar-refractivity contribution in [3.63, 3.8) is 0 Å². The molecule has 0 aliphatic carbocycles. The zero-order chi connectivity index (χ0) is 16.1. The lowest BCUT2D eigenvalue weighted by atomic mass is 10.1. The number of hydrogen-bond donors (Lipinski definition) is 4. The number of nitrogens with one attached hydrogen (secondary N) is 1. The van der Waals surface area contributed by atoms with Gasteiger partial charge in [-0.3, -0.25) is 4.79 Å². The van der Waals surface area contributed by atoms with E-state index in [4.69, 9.17) is 5.11 Å². The summed E-state index contributed by atoms with van der Waals surface area (Å²) in [4.78, 5) is 22.9. The molecule has 0 aliphatic rings. The van der Waals surface area contributed by atoms with Crippen molar-refractivity contribution in [2.24, 2.45) is 0 Å². The second-order valence-electron chi connectivity index (χ2n) is 4.45. The first kappa shape index (κ1) is 15.1. The lowest BCUT2D eigenvalue weighted by molar-refractivity contribution is -0.111. The minimum Gasteiger partial charge on any atom is -0.508 e. The minimum atomic E-state index is -1.26. The second kappa shape index (κ2) is 6.45. The van der Waals surface area contributed by atoms with Crippen LogP contribution >= 0.6 is 0 Å². The van der Waals surface area contributed by atoms with Gasteiger partial charge in [-0.25, -0.2) is 4.79 Å². The predicted molar refractivity (Wildman–Crippen MR) is 80.8 cm³/mol. The van der Waals surface area contributed by atoms with Crippen LogP contribution in [0.25, 0.3) is 6.08 Å². The van der Waals surface area contributed by atoms with Crippen molar-refractivity contribution in [3.05, 3.63) is 59.7 Å². The SMILES string of the molecule is O=C(/C=C/c1cccc(O)c1)Nc1ccc(O)cc1C(=O)O. The second-order valence-corrected chi connectivity index (χ2v) is 4.45. The van der Waals surface area contributed by atoms with Crippen LogP contribution in [-0.2, 0) is 4.79 Å². The summed E-state index contributed by atoms with van der Waals surface area (Å²) in [7, 11) is 0. The molecule has 2 aromatic rings. The van der Waals surface area contributed by atoms with E-state index in [1.807, 2.05) is 0 Å². The van der Waals surface area contributed by atoms with Crippen LogP contribution in [0.4, 0.5) is 5.69 Å². The zero-order valence-electron chi connectivity index (χ0n) is 11.4. The van der Waals surface area contributed by atoms with Gasteiger partial charge in [-0.1, -0.05) is 12.1 Å². The van der Waals surface area contributed by atoms with Crippen LogP contribution in [0.15, 0.2) is 48.5 Å². The molecule has 0 saturated carbocycles. The molecule has 2 aromatic carbocycles. The average molecular weight is 299 g/mol. The maximum Gasteiger partial charge on any atom is 0.337 e. The Balaban J connectivity index is 2.14. The van der Waals surface area contributed by atoms with Gasteiger partial charge in [0.2, 0.25) is 5.91 Å². The molecule has 112 valence electrons. The van der Waals surface area contributed by atoms with E-state index in [-0.39, 0.29) is 22.7 Å². The molecule has 1 amide bonds. The number of anilines is 1. The molecule has 6 nitrogen and oxygen atoms in total. The number of aromatic carboxylic acids is 1. The number of carboxylic acids is 1. The van der Waals surface area contributed by atoms with E-state index in [1.165, 1.54) is 36.4 Å². The number of amides is 1. The van der Waals surface area contributed by atoms with Gasteiger partial charge in [0.15, 0.2) is 0 Å². The number of carbonyl (C=O) groups is 2. The van der Waals surface area contributed by atoms with Gasteiger partial charge in [0.05, 0.1) is 11.3 Å². The molecule has 0 aromatic heterocycles. The molecule has 22 heavy (non-hydrogen) atoms. The molecule has 0 spiro atoms. The highest BCUT2D eigenvalue weighted by Crippen LogP contribution is 2.21. The Morgan fingerprint density at radius 3 is 2.41 bits per heavy atom. The van der Waals surface area contributed by atoms with Gasteiger partial charge in [0, 0.05) is 6.08 Å². The predicted octanol–water partition coefficient (Wildman–Crippen LogP) is 2.45. The average Bonchev–Trinajstić information content (AvgIpc) is 2.47. The van der Waals surface area contributed by atoms with E-state index in [1.54, 1.807) is 12.1 Å². The summed E-state index contributed by atoms with van der Waals surface area (Å²) in [6.07, 6.45) is 2.70. The Labute approximate surface area is 126 Å². The molecule has 0 radical (unpaired) electrons. The third-order valence-corrected chi connectivity index (χ3v) is 2.79. The molecule has 0 unspecified atom stereocenters. The van der Waals surface area contributed by atoms with E-state index in [9.17, 15) is 19.8 Å². The van der Waals surface area contributed by atoms with E-state index in [0.29, 0.717) is 5.56 Å². The van der Waals surface area contributed by atoms with E-state index < -0.39 is 11.9 Å². The fourth-order valence-corrected chi connectivity index (χ4v) is 1.79. The number of phenols is 2. The van der Waals surface area contributed by atoms with E-state index in [2.05, 4.69) is 5.32 Å². The highest BCUT2D eigenvalue weighted by molar-refractivity contribution is 6.06. The van der Waals surface area contributed by atoms with Crippen molar-refractivity contribution in [2.45, 2.75) is 0 Å². The fraction of sp³-hybridized carbons (Fsp3) is 0. The summed E-state index contributed by atoms with van der Waals surface area (Å²) >= 11 is 0. The van der Waals surface area contributed by atoms with Gasteiger partial charge in [-0.15, -0.1) is 0 Å². The molecule has 0 aliphatic heterocycles. The minimum absolute atomic E-state index is 0.0780. The molecule has 6 heteroatoms. The smallest absolute Gasteiger partial charge is 0.337 e. The zero-order valence-corrected chi connectivity index (χ0v) is 11.4. The molecule has 0 saturated heterocycles. The Kier molecular flexibility index (Phi) is 4.43. The van der Waals surface area contributed by atoms with Gasteiger partial charge in [0.1, 0.15) is 11.5 Å². The summed E-state index contributed by atoms with van der Waals surface area (Å²) < 4.78 is 0. The normalized spacial score (nSPS) is 10.5. The number of rotatable bonds is 4. The quantitative estimate of drug-likeness (QED) is 0.512. The van der Waals surface area contributed by atoms with Gasteiger partial charge in [0.25, 0.3) is 0 Å². The monoisotopic (exact) mass is 299 g/mol. The van der Waals surface area contributed by atoms with Crippen molar-refractivity contribution in [3.8, 4) is 11.5 Å². The number of hydrogen-bond acceptors (Lipinski definition) is 4. The van der Waals surface area contributed by atoms with Crippen LogP contribution in [0, 0.1) is 0 Å². The number of carbonyl (C=O) groups excluding carboxylic acids is 1. The van der Waals surface area contributed by atoms with Crippen LogP contribution in [-0.4, -0.2) is 27.2 Å². The van der Waals surface area contributed by atoms with Crippen molar-refractivity contribution < 1.29 is 24.9 Å². The Bertz CT molecular complexity index is 752. The standard InChI is InChI=1S/C16H13NO5/c18-11-3-1-2-10(8-11)4-7-15(20)17-14-6-5-12(19)9-13(14)16(21)22/h1-9,18-19H,(H,17,20)(H,21,22)/b7-4+. The molecule has 2 rings (SSSR count). The summed E-state index contributed by atoms with van der Waals surface area (Å²) in [5, 5.41) is 30.1. The molecule has 0 atom stereocenters. The third kappa shape index (κ3) is 3.86. The van der Waals surface area contributed by atoms with Crippen LogP contribution in [0.5, 0.6) is 11.5 Å². The van der Waals surface area contributed by atoms with Gasteiger partial charge < -0.3 is 20.6 Å². The highest BCUT2D eigenvalue weighted by Gasteiger charge is 2.12. The first-order valence-electron chi connectivity index (χ1n) is 6.30. The van der Waals surface area contributed by atoms with Crippen molar-refractivity contribution in [1.82, 2.24) is 0 Å². The maximum absolute atomic E-state index is 11.8. The molecular weight excluding hydrogens is 286 g/mol. The van der Waals surface area contributed by atoms with E-state index >= 15 is 0 Å². The third-order valence-electron chi connectivity index (χ3n) is 2.79. The largest absolute Gasteiger partial charge is 0.508 e. The van der Waals surface area contributed by atoms with Gasteiger partial charge in [-0.05, 0) is 42.0 Å². The lowest BCUT2D eigenvalue weighted by Gasteiger charge is -2.07. The number of carboxylic acid groups (broad SMARTS) is 1. The Hall–Kier alpha value is -3.28. The molecular formula is C16H13NO5. The Morgan fingerprint density at radius 2 is 1.73 bits per heavy atom. The van der Waals surface area contributed by atoms with Gasteiger partial charge >= 0.3 is 5.97 Å². The summed E-state index contributed by atoms with van der Waals surface area (Å²) in [6.45, 7) is 0. The molecule has 0 heterocycles. The molecule has 0 fully saturated rings. The first-order chi connectivity index (χ1) is 10.5. The highest BCUT2D eigenvalue weighted by atomic mass is 16.4. The first-order valence-corrected chi connectivity index (χ1v) is 6.30.